The predicted molar refractivity (Wildman–Crippen MR) is 207 cm³/mol. The van der Waals surface area contributed by atoms with E-state index in [1.54, 1.807) is 0 Å². The molecule has 7 aromatic carbocycles. The fourth-order valence-electron chi connectivity index (χ4n) is 7.33. The van der Waals surface area contributed by atoms with Crippen LogP contribution in [-0.2, 0) is 0 Å². The molecular weight excluding hydrogens is 609 g/mol. The zero-order valence-electron chi connectivity index (χ0n) is 27.0. The summed E-state index contributed by atoms with van der Waals surface area (Å²) in [5.41, 5.74) is 8.68. The number of hydrogen-bond acceptors (Lipinski definition) is 4. The maximum atomic E-state index is 5.32. The number of fused-ring (bicyclic) bond motifs is 6. The third kappa shape index (κ3) is 4.61. The van der Waals surface area contributed by atoms with Gasteiger partial charge in [0, 0.05) is 39.2 Å². The molecule has 4 heteroatoms. The molecule has 0 spiro atoms. The Kier molecular flexibility index (Phi) is 6.46. The van der Waals surface area contributed by atoms with Crippen molar-refractivity contribution in [1.29, 1.82) is 0 Å². The van der Waals surface area contributed by atoms with Crippen molar-refractivity contribution in [2.75, 3.05) is 0 Å². The molecule has 0 unspecified atom stereocenters. The molecule has 0 aliphatic rings. The first-order valence-electron chi connectivity index (χ1n) is 16.8. The molecular formula is C46H28N4. The lowest BCUT2D eigenvalue weighted by atomic mass is 9.95. The Morgan fingerprint density at radius 2 is 0.800 bits per heavy atom. The van der Waals surface area contributed by atoms with Gasteiger partial charge in [0.15, 0.2) is 5.82 Å². The van der Waals surface area contributed by atoms with Gasteiger partial charge in [0.2, 0.25) is 0 Å². The minimum Gasteiger partial charge on any atom is -0.254 e. The van der Waals surface area contributed by atoms with Gasteiger partial charge in [0.05, 0.1) is 28.1 Å². The summed E-state index contributed by atoms with van der Waals surface area (Å²) in [6, 6.07) is 57.3. The van der Waals surface area contributed by atoms with E-state index in [1.165, 1.54) is 10.8 Å². The van der Waals surface area contributed by atoms with Crippen molar-refractivity contribution in [2.24, 2.45) is 0 Å². The highest BCUT2D eigenvalue weighted by molar-refractivity contribution is 6.07. The molecule has 232 valence electrons. The minimum atomic E-state index is 0.683. The molecule has 0 saturated carbocycles. The van der Waals surface area contributed by atoms with Crippen molar-refractivity contribution in [3.63, 3.8) is 0 Å². The van der Waals surface area contributed by atoms with E-state index in [1.807, 2.05) is 12.3 Å². The van der Waals surface area contributed by atoms with Gasteiger partial charge < -0.3 is 0 Å². The van der Waals surface area contributed by atoms with Crippen molar-refractivity contribution in [3.8, 4) is 45.2 Å². The monoisotopic (exact) mass is 636 g/mol. The Balaban J connectivity index is 1.21. The maximum Gasteiger partial charge on any atom is 0.161 e. The van der Waals surface area contributed by atoms with Gasteiger partial charge in [0.1, 0.15) is 0 Å². The number of nitrogens with zero attached hydrogens (tertiary/aromatic N) is 4. The Morgan fingerprint density at radius 1 is 0.300 bits per heavy atom. The summed E-state index contributed by atoms with van der Waals surface area (Å²) in [4.78, 5) is 20.5. The van der Waals surface area contributed by atoms with Crippen LogP contribution in [0.5, 0.6) is 0 Å². The molecule has 0 aliphatic carbocycles. The quantitative estimate of drug-likeness (QED) is 0.180. The number of hydrogen-bond donors (Lipinski definition) is 0. The predicted octanol–water partition coefficient (Wildman–Crippen LogP) is 11.7. The zero-order valence-corrected chi connectivity index (χ0v) is 27.0. The summed E-state index contributed by atoms with van der Waals surface area (Å²) in [5, 5.41) is 8.99. The molecule has 0 fully saturated rings. The van der Waals surface area contributed by atoms with Crippen LogP contribution in [0.15, 0.2) is 170 Å². The lowest BCUT2D eigenvalue weighted by Gasteiger charge is -2.15. The normalized spacial score (nSPS) is 11.6. The van der Waals surface area contributed by atoms with E-state index in [-0.39, 0.29) is 0 Å². The van der Waals surface area contributed by atoms with Crippen molar-refractivity contribution < 1.29 is 0 Å². The van der Waals surface area contributed by atoms with Crippen molar-refractivity contribution in [3.05, 3.63) is 170 Å². The fourth-order valence-corrected chi connectivity index (χ4v) is 7.33. The molecule has 0 amide bonds. The number of aromatic nitrogens is 4. The van der Waals surface area contributed by atoms with Crippen LogP contribution in [0.1, 0.15) is 0 Å². The van der Waals surface area contributed by atoms with Crippen LogP contribution in [0.25, 0.3) is 99.3 Å². The van der Waals surface area contributed by atoms with Gasteiger partial charge >= 0.3 is 0 Å². The fraction of sp³-hybridized carbons (Fsp3) is 0. The van der Waals surface area contributed by atoms with Crippen LogP contribution in [0.2, 0.25) is 0 Å². The molecule has 0 atom stereocenters. The lowest BCUT2D eigenvalue weighted by molar-refractivity contribution is 1.19. The van der Waals surface area contributed by atoms with Crippen LogP contribution in [0.3, 0.4) is 0 Å². The topological polar surface area (TPSA) is 51.6 Å². The molecule has 50 heavy (non-hydrogen) atoms. The third-order valence-corrected chi connectivity index (χ3v) is 9.73. The Morgan fingerprint density at radius 3 is 1.48 bits per heavy atom. The first-order chi connectivity index (χ1) is 24.8. The molecule has 10 aromatic rings. The number of pyridine rings is 2. The van der Waals surface area contributed by atoms with Crippen molar-refractivity contribution in [1.82, 2.24) is 19.9 Å². The van der Waals surface area contributed by atoms with E-state index in [0.717, 1.165) is 82.7 Å². The van der Waals surface area contributed by atoms with Crippen LogP contribution in [0, 0.1) is 0 Å². The second-order valence-electron chi connectivity index (χ2n) is 12.6. The summed E-state index contributed by atoms with van der Waals surface area (Å²) in [7, 11) is 0. The first-order valence-corrected chi connectivity index (χ1v) is 16.8. The second-order valence-corrected chi connectivity index (χ2v) is 12.6. The van der Waals surface area contributed by atoms with Gasteiger partial charge in [-0.25, -0.2) is 15.0 Å². The van der Waals surface area contributed by atoms with E-state index in [2.05, 4.69) is 163 Å². The van der Waals surface area contributed by atoms with Crippen LogP contribution >= 0.6 is 0 Å². The molecule has 0 radical (unpaired) electrons. The average Bonchev–Trinajstić information content (AvgIpc) is 3.19. The highest BCUT2D eigenvalue weighted by Gasteiger charge is 2.18. The maximum absolute atomic E-state index is 5.32. The zero-order chi connectivity index (χ0) is 33.0. The average molecular weight is 637 g/mol. The highest BCUT2D eigenvalue weighted by atomic mass is 14.9. The number of rotatable bonds is 4. The van der Waals surface area contributed by atoms with Gasteiger partial charge in [-0.3, -0.25) is 4.98 Å². The summed E-state index contributed by atoms with van der Waals surface area (Å²) >= 11 is 0. The summed E-state index contributed by atoms with van der Waals surface area (Å²) in [6.07, 6.45) is 1.83. The molecule has 10 rings (SSSR count). The SMILES string of the molecule is c1ccc2c(-c3cc(-c4cccc5ccccc45)nc(-c4ccc(-c5ccc6ccc7cccnc7c6n5)c5ccccc45)n3)cccc2c1. The molecule has 3 heterocycles. The molecule has 0 bridgehead atoms. The van der Waals surface area contributed by atoms with E-state index in [0.29, 0.717) is 5.82 Å². The Labute approximate surface area is 288 Å². The van der Waals surface area contributed by atoms with Gasteiger partial charge in [-0.1, -0.05) is 140 Å². The minimum absolute atomic E-state index is 0.683. The van der Waals surface area contributed by atoms with Crippen molar-refractivity contribution >= 4 is 54.1 Å². The van der Waals surface area contributed by atoms with E-state index in [4.69, 9.17) is 15.0 Å². The molecule has 0 aliphatic heterocycles. The molecule has 0 N–H and O–H groups in total. The van der Waals surface area contributed by atoms with Gasteiger partial charge in [0.25, 0.3) is 0 Å². The van der Waals surface area contributed by atoms with Crippen LogP contribution in [0.4, 0.5) is 0 Å². The molecule has 3 aromatic heterocycles. The largest absolute Gasteiger partial charge is 0.254 e. The molecule has 0 saturated heterocycles. The Hall–Kier alpha value is -6.78. The smallest absolute Gasteiger partial charge is 0.161 e. The van der Waals surface area contributed by atoms with Gasteiger partial charge in [-0.15, -0.1) is 0 Å². The summed E-state index contributed by atoms with van der Waals surface area (Å²) < 4.78 is 0. The van der Waals surface area contributed by atoms with E-state index < -0.39 is 0 Å². The van der Waals surface area contributed by atoms with Crippen molar-refractivity contribution in [2.45, 2.75) is 0 Å². The molecule has 4 nitrogen and oxygen atoms in total. The van der Waals surface area contributed by atoms with Crippen LogP contribution in [-0.4, -0.2) is 19.9 Å². The highest BCUT2D eigenvalue weighted by Crippen LogP contribution is 2.38. The standard InChI is InChI=1S/C46H28N4/c1-3-15-33-29(10-1)12-7-19-37(33)42-28-43(38-20-8-13-30-11-2-4-16-34(30)38)50-46(49-42)40-25-24-39(35-17-5-6-18-36(35)40)41-26-23-32-22-21-31-14-9-27-47-44(31)45(32)48-41/h1-28H. The first kappa shape index (κ1) is 28.3. The van der Waals surface area contributed by atoms with E-state index >= 15 is 0 Å². The second kappa shape index (κ2) is 11.4. The Bertz CT molecular complexity index is 2840. The number of benzene rings is 7. The van der Waals surface area contributed by atoms with E-state index in [9.17, 15) is 0 Å². The lowest BCUT2D eigenvalue weighted by Crippen LogP contribution is -1.98. The van der Waals surface area contributed by atoms with Gasteiger partial charge in [-0.05, 0) is 56.6 Å². The summed E-state index contributed by atoms with van der Waals surface area (Å²) in [6.45, 7) is 0. The van der Waals surface area contributed by atoms with Crippen LogP contribution < -0.4 is 0 Å². The summed E-state index contributed by atoms with van der Waals surface area (Å²) in [5.74, 6) is 0.683. The third-order valence-electron chi connectivity index (χ3n) is 9.73. The van der Waals surface area contributed by atoms with Gasteiger partial charge in [-0.2, -0.15) is 0 Å².